The number of carboxylic acid groups (broad SMARTS) is 1. The molecular formula is C26H26N4O7S. The van der Waals surface area contributed by atoms with Gasteiger partial charge in [0.1, 0.15) is 16.4 Å². The van der Waals surface area contributed by atoms with Crippen LogP contribution in [0.15, 0.2) is 76.2 Å². The summed E-state index contributed by atoms with van der Waals surface area (Å²) < 4.78 is 41.8. The fraction of sp³-hybridized carbons (Fsp3) is 0.192. The third-order valence-corrected chi connectivity index (χ3v) is 6.94. The number of para-hydroxylation sites is 1. The molecule has 38 heavy (non-hydrogen) atoms. The number of sulfonamides is 1. The number of benzene rings is 2. The summed E-state index contributed by atoms with van der Waals surface area (Å²) in [5.74, 6) is -1.58. The Morgan fingerprint density at radius 2 is 1.84 bits per heavy atom. The van der Waals surface area contributed by atoms with Gasteiger partial charge in [-0.3, -0.25) is 4.79 Å². The largest absolute Gasteiger partial charge is 0.476 e. The van der Waals surface area contributed by atoms with Gasteiger partial charge in [0.2, 0.25) is 21.8 Å². The first-order valence-electron chi connectivity index (χ1n) is 11.6. The lowest BCUT2D eigenvalue weighted by Crippen LogP contribution is -2.24. The van der Waals surface area contributed by atoms with Crippen molar-refractivity contribution in [3.8, 4) is 17.3 Å². The molecule has 0 aliphatic rings. The van der Waals surface area contributed by atoms with E-state index in [2.05, 4.69) is 15.1 Å². The van der Waals surface area contributed by atoms with Crippen LogP contribution < -0.4 is 14.8 Å². The molecule has 4 rings (SSSR count). The van der Waals surface area contributed by atoms with E-state index in [1.54, 1.807) is 56.3 Å². The Morgan fingerprint density at radius 1 is 1.11 bits per heavy atom. The summed E-state index contributed by atoms with van der Waals surface area (Å²) in [6, 6.07) is 16.1. The smallest absolute Gasteiger partial charge is 0.356 e. The Morgan fingerprint density at radius 3 is 2.47 bits per heavy atom. The molecule has 3 N–H and O–H groups in total. The molecule has 0 spiro atoms. The number of carbonyl (C=O) groups excluding carboxylic acids is 1. The van der Waals surface area contributed by atoms with E-state index in [-0.39, 0.29) is 51.8 Å². The van der Waals surface area contributed by atoms with Gasteiger partial charge in [0.15, 0.2) is 5.69 Å². The van der Waals surface area contributed by atoms with E-state index < -0.39 is 16.0 Å². The number of nitrogens with zero attached hydrogens (tertiary/aromatic N) is 2. The molecule has 0 atom stereocenters. The number of anilines is 1. The second-order valence-electron chi connectivity index (χ2n) is 8.64. The molecule has 0 unspecified atom stereocenters. The molecular weight excluding hydrogens is 512 g/mol. The summed E-state index contributed by atoms with van der Waals surface area (Å²) in [7, 11) is -4.20. The Kier molecular flexibility index (Phi) is 7.65. The van der Waals surface area contributed by atoms with E-state index in [1.807, 2.05) is 0 Å². The van der Waals surface area contributed by atoms with Crippen molar-refractivity contribution in [3.05, 3.63) is 83.9 Å². The average molecular weight is 539 g/mol. The van der Waals surface area contributed by atoms with Gasteiger partial charge in [0, 0.05) is 17.2 Å². The topological polar surface area (TPSA) is 153 Å². The van der Waals surface area contributed by atoms with Crippen molar-refractivity contribution in [1.29, 1.82) is 0 Å². The van der Waals surface area contributed by atoms with E-state index in [1.165, 1.54) is 36.1 Å². The molecule has 1 amide bonds. The number of hydrogen-bond donors (Lipinski definition) is 3. The van der Waals surface area contributed by atoms with Crippen molar-refractivity contribution in [2.24, 2.45) is 5.92 Å². The first kappa shape index (κ1) is 26.6. The molecule has 0 bridgehead atoms. The van der Waals surface area contributed by atoms with E-state index in [9.17, 15) is 23.1 Å². The number of nitrogens with one attached hydrogen (secondary N) is 2. The molecule has 0 radical (unpaired) electrons. The van der Waals surface area contributed by atoms with Gasteiger partial charge in [0.25, 0.3) is 0 Å². The Bertz CT molecular complexity index is 1560. The summed E-state index contributed by atoms with van der Waals surface area (Å²) in [4.78, 5) is 23.8. The molecule has 4 aromatic rings. The zero-order chi connectivity index (χ0) is 27.4. The van der Waals surface area contributed by atoms with Gasteiger partial charge in [-0.2, -0.15) is 9.78 Å². The molecule has 11 nitrogen and oxygen atoms in total. The summed E-state index contributed by atoms with van der Waals surface area (Å²) in [6.45, 7) is 4.82. The average Bonchev–Trinajstić information content (AvgIpc) is 3.52. The highest BCUT2D eigenvalue weighted by Gasteiger charge is 2.26. The number of amides is 1. The highest BCUT2D eigenvalue weighted by molar-refractivity contribution is 7.89. The van der Waals surface area contributed by atoms with Gasteiger partial charge in [-0.1, -0.05) is 32.0 Å². The Labute approximate surface area is 219 Å². The number of rotatable bonds is 10. The third kappa shape index (κ3) is 5.76. The second-order valence-corrected chi connectivity index (χ2v) is 10.4. The molecule has 0 fully saturated rings. The zero-order valence-corrected chi connectivity index (χ0v) is 21.7. The normalized spacial score (nSPS) is 11.5. The van der Waals surface area contributed by atoms with Crippen molar-refractivity contribution in [3.63, 3.8) is 0 Å². The highest BCUT2D eigenvalue weighted by atomic mass is 32.2. The molecule has 2 heterocycles. The first-order valence-corrected chi connectivity index (χ1v) is 13.1. The van der Waals surface area contributed by atoms with Crippen molar-refractivity contribution < 1.29 is 32.3 Å². The zero-order valence-electron chi connectivity index (χ0n) is 20.8. The number of carbonyl (C=O) groups is 2. The van der Waals surface area contributed by atoms with Crippen LogP contribution in [0.2, 0.25) is 0 Å². The van der Waals surface area contributed by atoms with Crippen LogP contribution in [0.25, 0.3) is 5.69 Å². The lowest BCUT2D eigenvalue weighted by molar-refractivity contribution is -0.118. The SMILES string of the molecule is Cc1c(C(=O)O)nn(-c2ccccc2)c1Oc1ccc(NC(=O)C(C)C)cc1S(=O)(=O)NCc1ccco1. The fourth-order valence-electron chi connectivity index (χ4n) is 3.48. The van der Waals surface area contributed by atoms with E-state index in [4.69, 9.17) is 9.15 Å². The number of ether oxygens (including phenoxy) is 1. The standard InChI is InChI=1S/C26H26N4O7S/c1-16(2)24(31)28-18-11-12-21(22(14-18)38(34,35)27-15-20-10-7-13-36-20)37-25-17(3)23(26(32)33)29-30(25)19-8-5-4-6-9-19/h4-14,16,27H,15H2,1-3H3,(H,28,31)(H,32,33). The van der Waals surface area contributed by atoms with E-state index in [0.29, 0.717) is 11.4 Å². The molecule has 12 heteroatoms. The number of aromatic carboxylic acids is 1. The van der Waals surface area contributed by atoms with E-state index >= 15 is 0 Å². The summed E-state index contributed by atoms with van der Waals surface area (Å²) >= 11 is 0. The summed E-state index contributed by atoms with van der Waals surface area (Å²) in [5.41, 5.74) is 0.712. The van der Waals surface area contributed by atoms with Gasteiger partial charge in [-0.05, 0) is 49.4 Å². The fourth-order valence-corrected chi connectivity index (χ4v) is 4.62. The third-order valence-electron chi connectivity index (χ3n) is 5.52. The van der Waals surface area contributed by atoms with E-state index in [0.717, 1.165) is 0 Å². The number of hydrogen-bond acceptors (Lipinski definition) is 7. The van der Waals surface area contributed by atoms with Crippen molar-refractivity contribution >= 4 is 27.6 Å². The quantitative estimate of drug-likeness (QED) is 0.270. The van der Waals surface area contributed by atoms with Gasteiger partial charge in [0.05, 0.1) is 18.5 Å². The maximum Gasteiger partial charge on any atom is 0.356 e. The highest BCUT2D eigenvalue weighted by Crippen LogP contribution is 2.35. The molecule has 0 aliphatic carbocycles. The lowest BCUT2D eigenvalue weighted by atomic mass is 10.2. The van der Waals surface area contributed by atoms with Crippen molar-refractivity contribution in [1.82, 2.24) is 14.5 Å². The maximum atomic E-state index is 13.4. The number of aromatic nitrogens is 2. The van der Waals surface area contributed by atoms with Crippen LogP contribution in [0, 0.1) is 12.8 Å². The minimum absolute atomic E-state index is 0.0232. The predicted octanol–water partition coefficient (Wildman–Crippen LogP) is 4.34. The predicted molar refractivity (Wildman–Crippen MR) is 138 cm³/mol. The maximum absolute atomic E-state index is 13.4. The molecule has 2 aromatic heterocycles. The number of furan rings is 1. The van der Waals surface area contributed by atoms with Crippen LogP contribution in [0.5, 0.6) is 11.6 Å². The van der Waals surface area contributed by atoms with Gasteiger partial charge < -0.3 is 19.6 Å². The lowest BCUT2D eigenvalue weighted by Gasteiger charge is -2.16. The van der Waals surface area contributed by atoms with Crippen LogP contribution in [0.4, 0.5) is 5.69 Å². The molecule has 0 saturated heterocycles. The minimum atomic E-state index is -4.20. The molecule has 0 saturated carbocycles. The second kappa shape index (κ2) is 10.9. The van der Waals surface area contributed by atoms with Gasteiger partial charge in [-0.15, -0.1) is 0 Å². The summed E-state index contributed by atoms with van der Waals surface area (Å²) in [5, 5.41) is 16.5. The summed E-state index contributed by atoms with van der Waals surface area (Å²) in [6.07, 6.45) is 1.42. The molecule has 2 aromatic carbocycles. The number of carboxylic acids is 1. The van der Waals surface area contributed by atoms with Gasteiger partial charge >= 0.3 is 5.97 Å². The monoisotopic (exact) mass is 538 g/mol. The van der Waals surface area contributed by atoms with Crippen LogP contribution in [-0.4, -0.2) is 35.2 Å². The van der Waals surface area contributed by atoms with Crippen molar-refractivity contribution in [2.45, 2.75) is 32.2 Å². The first-order chi connectivity index (χ1) is 18.1. The Hall–Kier alpha value is -4.42. The van der Waals surface area contributed by atoms with Crippen LogP contribution in [-0.2, 0) is 21.4 Å². The van der Waals surface area contributed by atoms with Crippen molar-refractivity contribution in [2.75, 3.05) is 5.32 Å². The molecule has 198 valence electrons. The molecule has 0 aliphatic heterocycles. The van der Waals surface area contributed by atoms with Gasteiger partial charge in [-0.25, -0.2) is 17.9 Å². The minimum Gasteiger partial charge on any atom is -0.476 e. The van der Waals surface area contributed by atoms with Crippen LogP contribution >= 0.6 is 0 Å². The van der Waals surface area contributed by atoms with Crippen LogP contribution in [0.1, 0.15) is 35.7 Å². The van der Waals surface area contributed by atoms with Crippen LogP contribution in [0.3, 0.4) is 0 Å². The Balaban J connectivity index is 1.80.